The van der Waals surface area contributed by atoms with Gasteiger partial charge in [0.2, 0.25) is 0 Å². The largest absolute Gasteiger partial charge is 0.350 e. The van der Waals surface area contributed by atoms with Gasteiger partial charge in [0.05, 0.1) is 5.39 Å². The van der Waals surface area contributed by atoms with Crippen LogP contribution in [0.1, 0.15) is 29.9 Å². The third-order valence-corrected chi connectivity index (χ3v) is 4.16. The lowest BCUT2D eigenvalue weighted by atomic mass is 10.1. The molecule has 0 aliphatic rings. The van der Waals surface area contributed by atoms with Crippen LogP contribution in [0.25, 0.3) is 10.8 Å². The van der Waals surface area contributed by atoms with Gasteiger partial charge in [-0.1, -0.05) is 62.4 Å². The van der Waals surface area contributed by atoms with Crippen molar-refractivity contribution in [3.05, 3.63) is 76.2 Å². The Morgan fingerprint density at radius 1 is 1.04 bits per heavy atom. The summed E-state index contributed by atoms with van der Waals surface area (Å²) in [6.07, 6.45) is 0.746. The smallest absolute Gasteiger partial charge is 0.274 e. The Hall–Kier alpha value is -2.95. The number of hydrogen-bond donors (Lipinski definition) is 1. The van der Waals surface area contributed by atoms with Gasteiger partial charge in [-0.05, 0) is 24.0 Å². The standard InChI is InChI=1S/C21H23N3O2/c1-15(2)14-24-21(26)18-11-7-6-10-17(18)19(23-24)20(25)22-13-12-16-8-4-3-5-9-16/h3-11,15H,12-14H2,1-2H3,(H,22,25). The van der Waals surface area contributed by atoms with Crippen LogP contribution in [0.5, 0.6) is 0 Å². The van der Waals surface area contributed by atoms with Gasteiger partial charge >= 0.3 is 0 Å². The van der Waals surface area contributed by atoms with E-state index in [2.05, 4.69) is 10.4 Å². The lowest BCUT2D eigenvalue weighted by Crippen LogP contribution is -2.32. The van der Waals surface area contributed by atoms with E-state index < -0.39 is 0 Å². The van der Waals surface area contributed by atoms with Crippen LogP contribution in [0.3, 0.4) is 0 Å². The van der Waals surface area contributed by atoms with E-state index in [1.807, 2.05) is 50.2 Å². The number of nitrogens with zero attached hydrogens (tertiary/aromatic N) is 2. The predicted octanol–water partition coefficient (Wildman–Crippen LogP) is 3.03. The zero-order chi connectivity index (χ0) is 18.5. The summed E-state index contributed by atoms with van der Waals surface area (Å²) in [7, 11) is 0. The molecule has 3 aromatic rings. The van der Waals surface area contributed by atoms with Crippen LogP contribution in [0, 0.1) is 5.92 Å². The molecule has 5 nitrogen and oxygen atoms in total. The first kappa shape index (κ1) is 17.9. The van der Waals surface area contributed by atoms with Crippen LogP contribution in [-0.4, -0.2) is 22.2 Å². The average molecular weight is 349 g/mol. The van der Waals surface area contributed by atoms with Gasteiger partial charge in [-0.2, -0.15) is 5.10 Å². The summed E-state index contributed by atoms with van der Waals surface area (Å²) >= 11 is 0. The number of carbonyl (C=O) groups is 1. The Morgan fingerprint density at radius 3 is 2.38 bits per heavy atom. The van der Waals surface area contributed by atoms with Crippen LogP contribution in [0.2, 0.25) is 0 Å². The van der Waals surface area contributed by atoms with E-state index in [4.69, 9.17) is 0 Å². The van der Waals surface area contributed by atoms with Gasteiger partial charge in [0.25, 0.3) is 11.5 Å². The predicted molar refractivity (Wildman–Crippen MR) is 103 cm³/mol. The first-order valence-corrected chi connectivity index (χ1v) is 8.88. The molecule has 0 aliphatic carbocycles. The highest BCUT2D eigenvalue weighted by molar-refractivity contribution is 6.04. The molecule has 0 spiro atoms. The van der Waals surface area contributed by atoms with Gasteiger partial charge in [0, 0.05) is 18.5 Å². The fourth-order valence-electron chi connectivity index (χ4n) is 2.92. The highest BCUT2D eigenvalue weighted by atomic mass is 16.2. The first-order valence-electron chi connectivity index (χ1n) is 8.88. The summed E-state index contributed by atoms with van der Waals surface area (Å²) in [4.78, 5) is 25.3. The molecular formula is C21H23N3O2. The fraction of sp³-hybridized carbons (Fsp3) is 0.286. The molecule has 5 heteroatoms. The second-order valence-corrected chi connectivity index (χ2v) is 6.77. The van der Waals surface area contributed by atoms with Crippen LogP contribution in [0.4, 0.5) is 0 Å². The average Bonchev–Trinajstić information content (AvgIpc) is 2.64. The number of hydrogen-bond acceptors (Lipinski definition) is 3. The minimum atomic E-state index is -0.255. The van der Waals surface area contributed by atoms with Gasteiger partial charge in [-0.15, -0.1) is 0 Å². The van der Waals surface area contributed by atoms with Crippen molar-refractivity contribution in [2.24, 2.45) is 5.92 Å². The molecule has 0 atom stereocenters. The van der Waals surface area contributed by atoms with Gasteiger partial charge in [0.15, 0.2) is 5.69 Å². The molecule has 1 amide bonds. The summed E-state index contributed by atoms with van der Waals surface area (Å²) in [5, 5.41) is 8.40. The Labute approximate surface area is 152 Å². The maximum absolute atomic E-state index is 12.7. The van der Waals surface area contributed by atoms with Crippen LogP contribution < -0.4 is 10.9 Å². The van der Waals surface area contributed by atoms with Crippen molar-refractivity contribution < 1.29 is 4.79 Å². The van der Waals surface area contributed by atoms with Crippen LogP contribution in [-0.2, 0) is 13.0 Å². The number of aromatic nitrogens is 2. The minimum Gasteiger partial charge on any atom is -0.350 e. The molecule has 1 heterocycles. The molecule has 2 aromatic carbocycles. The maximum atomic E-state index is 12.7. The quantitative estimate of drug-likeness (QED) is 0.744. The summed E-state index contributed by atoms with van der Waals surface area (Å²) < 4.78 is 1.40. The van der Waals surface area contributed by atoms with E-state index >= 15 is 0 Å². The van der Waals surface area contributed by atoms with Crippen molar-refractivity contribution in [3.8, 4) is 0 Å². The Bertz CT molecular complexity index is 962. The number of nitrogens with one attached hydrogen (secondary N) is 1. The first-order chi connectivity index (χ1) is 12.6. The van der Waals surface area contributed by atoms with Crippen LogP contribution >= 0.6 is 0 Å². The fourth-order valence-corrected chi connectivity index (χ4v) is 2.92. The van der Waals surface area contributed by atoms with Crippen molar-refractivity contribution in [1.82, 2.24) is 15.1 Å². The normalized spacial score (nSPS) is 11.0. The van der Waals surface area contributed by atoms with Crippen LogP contribution in [0.15, 0.2) is 59.4 Å². The molecule has 134 valence electrons. The van der Waals surface area contributed by atoms with Gasteiger partial charge in [-0.3, -0.25) is 9.59 Å². The molecule has 0 bridgehead atoms. The highest BCUT2D eigenvalue weighted by Crippen LogP contribution is 2.13. The lowest BCUT2D eigenvalue weighted by Gasteiger charge is -2.12. The van der Waals surface area contributed by atoms with Crippen molar-refractivity contribution in [2.75, 3.05) is 6.54 Å². The summed E-state index contributed by atoms with van der Waals surface area (Å²) in [6, 6.07) is 17.1. The molecule has 1 aromatic heterocycles. The second-order valence-electron chi connectivity index (χ2n) is 6.77. The molecule has 0 unspecified atom stereocenters. The summed E-state index contributed by atoms with van der Waals surface area (Å²) in [5.74, 6) is 0.00462. The van der Waals surface area contributed by atoms with E-state index in [1.54, 1.807) is 18.2 Å². The highest BCUT2D eigenvalue weighted by Gasteiger charge is 2.16. The summed E-state index contributed by atoms with van der Waals surface area (Å²) in [5.41, 5.74) is 1.31. The zero-order valence-electron chi connectivity index (χ0n) is 15.1. The minimum absolute atomic E-state index is 0.157. The number of benzene rings is 2. The summed E-state index contributed by atoms with van der Waals surface area (Å²) in [6.45, 7) is 5.03. The molecule has 3 rings (SSSR count). The number of fused-ring (bicyclic) bond motifs is 1. The molecule has 0 saturated carbocycles. The number of rotatable bonds is 6. The van der Waals surface area contributed by atoms with Gasteiger partial charge in [0.1, 0.15) is 0 Å². The van der Waals surface area contributed by atoms with E-state index in [9.17, 15) is 9.59 Å². The topological polar surface area (TPSA) is 64.0 Å². The van der Waals surface area contributed by atoms with Crippen molar-refractivity contribution in [1.29, 1.82) is 0 Å². The van der Waals surface area contributed by atoms with Crippen molar-refractivity contribution >= 4 is 16.7 Å². The SMILES string of the molecule is CC(C)Cn1nc(C(=O)NCCc2ccccc2)c2ccccc2c1=O. The lowest BCUT2D eigenvalue weighted by molar-refractivity contribution is 0.0948. The van der Waals surface area contributed by atoms with Gasteiger partial charge < -0.3 is 5.32 Å². The van der Waals surface area contributed by atoms with E-state index in [0.29, 0.717) is 29.6 Å². The van der Waals surface area contributed by atoms with Crippen molar-refractivity contribution in [2.45, 2.75) is 26.8 Å². The molecule has 0 fully saturated rings. The Balaban J connectivity index is 1.86. The van der Waals surface area contributed by atoms with Crippen molar-refractivity contribution in [3.63, 3.8) is 0 Å². The Kier molecular flexibility index (Phi) is 5.46. The molecule has 26 heavy (non-hydrogen) atoms. The van der Waals surface area contributed by atoms with E-state index in [0.717, 1.165) is 12.0 Å². The second kappa shape index (κ2) is 7.95. The maximum Gasteiger partial charge on any atom is 0.274 e. The molecule has 1 N–H and O–H groups in total. The third kappa shape index (κ3) is 3.99. The Morgan fingerprint density at radius 2 is 1.69 bits per heavy atom. The third-order valence-electron chi connectivity index (χ3n) is 4.16. The zero-order valence-corrected chi connectivity index (χ0v) is 15.1. The van der Waals surface area contributed by atoms with Gasteiger partial charge in [-0.25, -0.2) is 4.68 Å². The molecule has 0 aliphatic heterocycles. The monoisotopic (exact) mass is 349 g/mol. The molecular weight excluding hydrogens is 326 g/mol. The molecule has 0 radical (unpaired) electrons. The number of carbonyl (C=O) groups excluding carboxylic acids is 1. The number of amides is 1. The molecule has 0 saturated heterocycles. The van der Waals surface area contributed by atoms with E-state index in [1.165, 1.54) is 4.68 Å². The van der Waals surface area contributed by atoms with E-state index in [-0.39, 0.29) is 17.4 Å².